The van der Waals surface area contributed by atoms with E-state index in [1.54, 1.807) is 0 Å². The molecular formula is C48H34N2. The number of benzene rings is 6. The summed E-state index contributed by atoms with van der Waals surface area (Å²) in [7, 11) is 0. The Morgan fingerprint density at radius 2 is 0.780 bits per heavy atom. The Labute approximate surface area is 292 Å². The third-order valence-electron chi connectivity index (χ3n) is 9.80. The van der Waals surface area contributed by atoms with Crippen molar-refractivity contribution in [1.29, 1.82) is 0 Å². The van der Waals surface area contributed by atoms with Gasteiger partial charge in [-0.3, -0.25) is 0 Å². The van der Waals surface area contributed by atoms with E-state index < -0.39 is 0 Å². The summed E-state index contributed by atoms with van der Waals surface area (Å²) in [5.41, 5.74) is 15.8. The first-order chi connectivity index (χ1) is 24.8. The number of fused-ring (bicyclic) bond motifs is 3. The van der Waals surface area contributed by atoms with Crippen LogP contribution >= 0.6 is 0 Å². The second kappa shape index (κ2) is 12.9. The molecule has 0 amide bonds. The first-order valence-electron chi connectivity index (χ1n) is 17.3. The lowest BCUT2D eigenvalue weighted by atomic mass is 9.85. The van der Waals surface area contributed by atoms with E-state index in [0.717, 1.165) is 57.2 Å². The van der Waals surface area contributed by atoms with Crippen LogP contribution in [0.2, 0.25) is 0 Å². The van der Waals surface area contributed by atoms with E-state index in [-0.39, 0.29) is 0 Å². The summed E-state index contributed by atoms with van der Waals surface area (Å²) in [5, 5.41) is 2.19. The topological polar surface area (TPSA) is 25.8 Å². The van der Waals surface area contributed by atoms with Crippen LogP contribution in [0.5, 0.6) is 0 Å². The minimum absolute atomic E-state index is 0.930. The van der Waals surface area contributed by atoms with Gasteiger partial charge in [-0.15, -0.1) is 0 Å². The van der Waals surface area contributed by atoms with Crippen LogP contribution in [0.1, 0.15) is 18.5 Å². The highest BCUT2D eigenvalue weighted by Gasteiger charge is 2.18. The standard InChI is InChI=1S/C48H34N2/c1-3-15-33(16-4-1)37-19-7-8-20-38(37)39-21-9-10-22-40(39)41-23-11-12-24-42(41)43-25-13-14-26-44(43)46-32-30-36-28-27-35-29-31-45(34-17-5-2-6-18-34)49-47(35)48(36)50-46/h1-5,7-17,19-32H,6,18H2. The average molecular weight is 639 g/mol. The Hall–Kier alpha value is -6.38. The van der Waals surface area contributed by atoms with E-state index in [1.807, 2.05) is 0 Å². The van der Waals surface area contributed by atoms with Crippen LogP contribution in [-0.2, 0) is 0 Å². The van der Waals surface area contributed by atoms with E-state index in [4.69, 9.17) is 9.97 Å². The van der Waals surface area contributed by atoms with Gasteiger partial charge >= 0.3 is 0 Å². The van der Waals surface area contributed by atoms with Crippen molar-refractivity contribution in [3.05, 3.63) is 188 Å². The Morgan fingerprint density at radius 1 is 0.360 bits per heavy atom. The molecule has 50 heavy (non-hydrogen) atoms. The van der Waals surface area contributed by atoms with E-state index in [1.165, 1.54) is 44.5 Å². The summed E-state index contributed by atoms with van der Waals surface area (Å²) in [6.07, 6.45) is 8.59. The van der Waals surface area contributed by atoms with Crippen molar-refractivity contribution in [2.45, 2.75) is 12.8 Å². The van der Waals surface area contributed by atoms with Gasteiger partial charge < -0.3 is 0 Å². The molecule has 0 saturated carbocycles. The fraction of sp³-hybridized carbons (Fsp3) is 0.0417. The summed E-state index contributed by atoms with van der Waals surface area (Å²) >= 11 is 0. The fourth-order valence-electron chi connectivity index (χ4n) is 7.35. The molecule has 0 radical (unpaired) electrons. The molecule has 0 N–H and O–H groups in total. The summed E-state index contributed by atoms with van der Waals surface area (Å²) in [5.74, 6) is 0. The highest BCUT2D eigenvalue weighted by atomic mass is 14.8. The third-order valence-corrected chi connectivity index (χ3v) is 9.80. The van der Waals surface area contributed by atoms with Crippen LogP contribution < -0.4 is 0 Å². The Morgan fingerprint density at radius 3 is 1.32 bits per heavy atom. The van der Waals surface area contributed by atoms with Gasteiger partial charge in [0.25, 0.3) is 0 Å². The Kier molecular flexibility index (Phi) is 7.68. The lowest BCUT2D eigenvalue weighted by Crippen LogP contribution is -1.95. The van der Waals surface area contributed by atoms with Crippen molar-refractivity contribution in [1.82, 2.24) is 9.97 Å². The molecule has 0 atom stereocenters. The highest BCUT2D eigenvalue weighted by molar-refractivity contribution is 6.05. The second-order valence-corrected chi connectivity index (χ2v) is 12.8. The van der Waals surface area contributed by atoms with Gasteiger partial charge in [0.2, 0.25) is 0 Å². The fourth-order valence-corrected chi connectivity index (χ4v) is 7.35. The first kappa shape index (κ1) is 29.7. The monoisotopic (exact) mass is 638 g/mol. The van der Waals surface area contributed by atoms with E-state index in [2.05, 4.69) is 182 Å². The predicted molar refractivity (Wildman–Crippen MR) is 211 cm³/mol. The number of aromatic nitrogens is 2. The molecule has 0 spiro atoms. The SMILES string of the molecule is C1=CCCC(c2ccc3ccc4ccc(-c5ccccc5-c5ccccc5-c5ccccc5-c5ccccc5-c5ccccc5)nc4c3n2)=C1. The quantitative estimate of drug-likeness (QED) is 0.169. The second-order valence-electron chi connectivity index (χ2n) is 12.8. The molecule has 2 heteroatoms. The van der Waals surface area contributed by atoms with E-state index >= 15 is 0 Å². The lowest BCUT2D eigenvalue weighted by molar-refractivity contribution is 1.04. The minimum Gasteiger partial charge on any atom is -0.246 e. The normalized spacial score (nSPS) is 12.7. The van der Waals surface area contributed by atoms with Crippen LogP contribution in [0.3, 0.4) is 0 Å². The number of pyridine rings is 2. The van der Waals surface area contributed by atoms with Gasteiger partial charge in [0.15, 0.2) is 0 Å². The summed E-state index contributed by atoms with van der Waals surface area (Å²) in [4.78, 5) is 10.6. The molecule has 1 aliphatic carbocycles. The molecule has 6 aromatic carbocycles. The number of hydrogen-bond acceptors (Lipinski definition) is 2. The van der Waals surface area contributed by atoms with Crippen LogP contribution in [0.15, 0.2) is 182 Å². The molecular weight excluding hydrogens is 605 g/mol. The van der Waals surface area contributed by atoms with Crippen molar-refractivity contribution in [2.75, 3.05) is 0 Å². The van der Waals surface area contributed by atoms with Crippen LogP contribution in [0, 0.1) is 0 Å². The van der Waals surface area contributed by atoms with Gasteiger partial charge in [-0.1, -0.05) is 170 Å². The zero-order chi connectivity index (χ0) is 33.3. The van der Waals surface area contributed by atoms with Gasteiger partial charge in [-0.05, 0) is 75.1 Å². The minimum atomic E-state index is 0.930. The molecule has 9 rings (SSSR count). The molecule has 2 nitrogen and oxygen atoms in total. The smallest absolute Gasteiger partial charge is 0.0972 e. The molecule has 0 saturated heterocycles. The van der Waals surface area contributed by atoms with E-state index in [0.29, 0.717) is 0 Å². The Balaban J connectivity index is 1.20. The van der Waals surface area contributed by atoms with Crippen LogP contribution in [0.25, 0.3) is 83.1 Å². The van der Waals surface area contributed by atoms with Gasteiger partial charge in [0.05, 0.1) is 22.4 Å². The van der Waals surface area contributed by atoms with Crippen LogP contribution in [0.4, 0.5) is 0 Å². The zero-order valence-corrected chi connectivity index (χ0v) is 27.6. The van der Waals surface area contributed by atoms with Crippen molar-refractivity contribution in [2.24, 2.45) is 0 Å². The average Bonchev–Trinajstić information content (AvgIpc) is 3.21. The molecule has 1 aliphatic rings. The molecule has 0 aliphatic heterocycles. The van der Waals surface area contributed by atoms with Gasteiger partial charge in [-0.25, -0.2) is 9.97 Å². The summed E-state index contributed by atoms with van der Waals surface area (Å²) < 4.78 is 0. The Bertz CT molecular complexity index is 2590. The number of hydrogen-bond donors (Lipinski definition) is 0. The zero-order valence-electron chi connectivity index (χ0n) is 27.6. The maximum absolute atomic E-state index is 5.36. The summed E-state index contributed by atoms with van der Waals surface area (Å²) in [6, 6.07) is 58.6. The van der Waals surface area contributed by atoms with Crippen molar-refractivity contribution in [3.8, 4) is 55.8 Å². The van der Waals surface area contributed by atoms with Crippen molar-refractivity contribution in [3.63, 3.8) is 0 Å². The third kappa shape index (κ3) is 5.41. The lowest BCUT2D eigenvalue weighted by Gasteiger charge is -2.18. The number of rotatable bonds is 6. The predicted octanol–water partition coefficient (Wildman–Crippen LogP) is 12.9. The van der Waals surface area contributed by atoms with Gasteiger partial charge in [0.1, 0.15) is 0 Å². The molecule has 0 bridgehead atoms. The molecule has 2 heterocycles. The maximum atomic E-state index is 5.36. The number of allylic oxidation sites excluding steroid dienone is 4. The molecule has 2 aromatic heterocycles. The van der Waals surface area contributed by atoms with Crippen molar-refractivity contribution >= 4 is 27.4 Å². The first-order valence-corrected chi connectivity index (χ1v) is 17.3. The highest BCUT2D eigenvalue weighted by Crippen LogP contribution is 2.43. The number of nitrogens with zero attached hydrogens (tertiary/aromatic N) is 2. The van der Waals surface area contributed by atoms with Crippen LogP contribution in [-0.4, -0.2) is 9.97 Å². The molecule has 236 valence electrons. The molecule has 0 unspecified atom stereocenters. The maximum Gasteiger partial charge on any atom is 0.0972 e. The summed E-state index contributed by atoms with van der Waals surface area (Å²) in [6.45, 7) is 0. The van der Waals surface area contributed by atoms with Gasteiger partial charge in [0, 0.05) is 16.3 Å². The van der Waals surface area contributed by atoms with Gasteiger partial charge in [-0.2, -0.15) is 0 Å². The van der Waals surface area contributed by atoms with Crippen molar-refractivity contribution < 1.29 is 0 Å². The molecule has 8 aromatic rings. The van der Waals surface area contributed by atoms with E-state index in [9.17, 15) is 0 Å². The molecule has 0 fully saturated rings. The largest absolute Gasteiger partial charge is 0.246 e.